The maximum Gasteiger partial charge on any atom is 0.167 e. The minimum absolute atomic E-state index is 0.156. The summed E-state index contributed by atoms with van der Waals surface area (Å²) in [5.41, 5.74) is -0.479. The van der Waals surface area contributed by atoms with E-state index < -0.39 is 5.60 Å². The Kier molecular flexibility index (Phi) is 4.11. The predicted octanol–water partition coefficient (Wildman–Crippen LogP) is 2.95. The molecule has 1 fully saturated rings. The van der Waals surface area contributed by atoms with E-state index in [1.807, 2.05) is 13.8 Å². The summed E-state index contributed by atoms with van der Waals surface area (Å²) >= 11 is 0. The van der Waals surface area contributed by atoms with E-state index in [1.54, 1.807) is 0 Å². The summed E-state index contributed by atoms with van der Waals surface area (Å²) in [4.78, 5) is 12.1. The third-order valence-corrected chi connectivity index (χ3v) is 3.16. The van der Waals surface area contributed by atoms with Crippen LogP contribution in [0.15, 0.2) is 0 Å². The van der Waals surface area contributed by atoms with Crippen molar-refractivity contribution in [3.63, 3.8) is 0 Å². The molecule has 1 aliphatic rings. The first kappa shape index (κ1) is 11.7. The molecule has 0 spiro atoms. The lowest BCUT2D eigenvalue weighted by molar-refractivity contribution is -0.152. The molecule has 2 nitrogen and oxygen atoms in total. The third kappa shape index (κ3) is 2.57. The molecule has 0 bridgehead atoms. The maximum absolute atomic E-state index is 12.1. The topological polar surface area (TPSA) is 26.3 Å². The fourth-order valence-electron chi connectivity index (χ4n) is 2.21. The normalized spacial score (nSPS) is 29.9. The first-order valence-electron chi connectivity index (χ1n) is 5.78. The van der Waals surface area contributed by atoms with Gasteiger partial charge in [0, 0.05) is 12.5 Å². The number of Topliss-reactive ketones (excluding diaryl/α,β-unsaturated/α-hetero) is 1. The van der Waals surface area contributed by atoms with Crippen LogP contribution in [0.4, 0.5) is 0 Å². The molecule has 0 amide bonds. The molecule has 1 saturated heterocycles. The Morgan fingerprint density at radius 2 is 2.21 bits per heavy atom. The number of rotatable bonds is 4. The standard InChI is InChI=1S/C12H22O2/c1-4-7-10(2)11(13)12(3)8-5-6-9-14-12/h10H,4-9H2,1-3H3. The summed E-state index contributed by atoms with van der Waals surface area (Å²) in [5.74, 6) is 0.460. The summed E-state index contributed by atoms with van der Waals surface area (Å²) < 4.78 is 5.65. The number of ether oxygens (including phenoxy) is 1. The first-order chi connectivity index (χ1) is 6.60. The molecule has 82 valence electrons. The highest BCUT2D eigenvalue weighted by atomic mass is 16.5. The van der Waals surface area contributed by atoms with Crippen LogP contribution in [0, 0.1) is 5.92 Å². The summed E-state index contributed by atoms with van der Waals surface area (Å²) in [5, 5.41) is 0. The molecule has 2 atom stereocenters. The van der Waals surface area contributed by atoms with E-state index in [2.05, 4.69) is 6.92 Å². The van der Waals surface area contributed by atoms with Gasteiger partial charge in [0.25, 0.3) is 0 Å². The molecule has 1 aliphatic heterocycles. The van der Waals surface area contributed by atoms with E-state index in [9.17, 15) is 4.79 Å². The van der Waals surface area contributed by atoms with Gasteiger partial charge >= 0.3 is 0 Å². The molecule has 1 heterocycles. The van der Waals surface area contributed by atoms with Crippen molar-refractivity contribution >= 4 is 5.78 Å². The fourth-order valence-corrected chi connectivity index (χ4v) is 2.21. The quantitative estimate of drug-likeness (QED) is 0.694. The maximum atomic E-state index is 12.1. The lowest BCUT2D eigenvalue weighted by atomic mass is 9.84. The fraction of sp³-hybridized carbons (Fsp3) is 0.917. The van der Waals surface area contributed by atoms with Crippen molar-refractivity contribution in [2.45, 2.75) is 58.5 Å². The van der Waals surface area contributed by atoms with E-state index in [4.69, 9.17) is 4.74 Å². The second-order valence-corrected chi connectivity index (χ2v) is 4.59. The van der Waals surface area contributed by atoms with Gasteiger partial charge in [-0.05, 0) is 32.6 Å². The Bertz CT molecular complexity index is 192. The monoisotopic (exact) mass is 198 g/mol. The molecule has 0 aromatic rings. The van der Waals surface area contributed by atoms with Crippen molar-refractivity contribution in [2.75, 3.05) is 6.61 Å². The van der Waals surface area contributed by atoms with E-state index in [1.165, 1.54) is 0 Å². The molecular weight excluding hydrogens is 176 g/mol. The lowest BCUT2D eigenvalue weighted by Gasteiger charge is -2.34. The minimum atomic E-state index is -0.479. The Morgan fingerprint density at radius 1 is 1.50 bits per heavy atom. The summed E-state index contributed by atoms with van der Waals surface area (Å²) in [7, 11) is 0. The van der Waals surface area contributed by atoms with Crippen molar-refractivity contribution in [3.05, 3.63) is 0 Å². The van der Waals surface area contributed by atoms with Gasteiger partial charge < -0.3 is 4.74 Å². The molecule has 1 rings (SSSR count). The molecule has 0 aromatic carbocycles. The summed E-state index contributed by atoms with van der Waals surface area (Å²) in [6, 6.07) is 0. The average molecular weight is 198 g/mol. The van der Waals surface area contributed by atoms with Crippen LogP contribution in [0.25, 0.3) is 0 Å². The highest BCUT2D eigenvalue weighted by Gasteiger charge is 2.37. The van der Waals surface area contributed by atoms with Gasteiger partial charge in [-0.1, -0.05) is 20.3 Å². The zero-order valence-electron chi connectivity index (χ0n) is 9.64. The zero-order valence-corrected chi connectivity index (χ0v) is 9.64. The molecular formula is C12H22O2. The first-order valence-corrected chi connectivity index (χ1v) is 5.78. The third-order valence-electron chi connectivity index (χ3n) is 3.16. The van der Waals surface area contributed by atoms with Crippen LogP contribution in [-0.2, 0) is 9.53 Å². The molecule has 0 aromatic heterocycles. The Morgan fingerprint density at radius 3 is 2.71 bits per heavy atom. The van der Waals surface area contributed by atoms with Gasteiger partial charge in [0.05, 0.1) is 0 Å². The van der Waals surface area contributed by atoms with Crippen molar-refractivity contribution < 1.29 is 9.53 Å². The van der Waals surface area contributed by atoms with Gasteiger partial charge in [0.15, 0.2) is 5.78 Å². The van der Waals surface area contributed by atoms with Gasteiger partial charge in [0.1, 0.15) is 5.60 Å². The number of carbonyl (C=O) groups excluding carboxylic acids is 1. The molecule has 0 N–H and O–H groups in total. The van der Waals surface area contributed by atoms with Crippen molar-refractivity contribution in [1.82, 2.24) is 0 Å². The van der Waals surface area contributed by atoms with Crippen molar-refractivity contribution in [2.24, 2.45) is 5.92 Å². The summed E-state index contributed by atoms with van der Waals surface area (Å²) in [6.45, 7) is 6.85. The second-order valence-electron chi connectivity index (χ2n) is 4.59. The van der Waals surface area contributed by atoms with E-state index in [-0.39, 0.29) is 5.92 Å². The summed E-state index contributed by atoms with van der Waals surface area (Å²) in [6.07, 6.45) is 5.19. The Hall–Kier alpha value is -0.370. The van der Waals surface area contributed by atoms with Gasteiger partial charge in [-0.25, -0.2) is 0 Å². The zero-order chi connectivity index (χ0) is 10.6. The van der Waals surface area contributed by atoms with Crippen LogP contribution in [-0.4, -0.2) is 18.0 Å². The molecule has 0 radical (unpaired) electrons. The number of hydrogen-bond acceptors (Lipinski definition) is 2. The Labute approximate surface area is 87.0 Å². The lowest BCUT2D eigenvalue weighted by Crippen LogP contribution is -2.44. The number of hydrogen-bond donors (Lipinski definition) is 0. The van der Waals surface area contributed by atoms with Crippen LogP contribution in [0.1, 0.15) is 52.9 Å². The minimum Gasteiger partial charge on any atom is -0.367 e. The van der Waals surface area contributed by atoms with Gasteiger partial charge in [-0.15, -0.1) is 0 Å². The van der Waals surface area contributed by atoms with Gasteiger partial charge in [0.2, 0.25) is 0 Å². The smallest absolute Gasteiger partial charge is 0.167 e. The highest BCUT2D eigenvalue weighted by molar-refractivity contribution is 5.88. The van der Waals surface area contributed by atoms with Crippen LogP contribution >= 0.6 is 0 Å². The predicted molar refractivity (Wildman–Crippen MR) is 57.3 cm³/mol. The van der Waals surface area contributed by atoms with Crippen LogP contribution < -0.4 is 0 Å². The molecule has 14 heavy (non-hydrogen) atoms. The molecule has 2 heteroatoms. The SMILES string of the molecule is CCCC(C)C(=O)C1(C)CCCCO1. The molecule has 0 saturated carbocycles. The molecule has 0 aliphatic carbocycles. The van der Waals surface area contributed by atoms with E-state index >= 15 is 0 Å². The second kappa shape index (κ2) is 4.92. The average Bonchev–Trinajstić information content (AvgIpc) is 2.18. The van der Waals surface area contributed by atoms with Crippen LogP contribution in [0.2, 0.25) is 0 Å². The van der Waals surface area contributed by atoms with E-state index in [0.29, 0.717) is 5.78 Å². The van der Waals surface area contributed by atoms with E-state index in [0.717, 1.165) is 38.7 Å². The number of ketones is 1. The highest BCUT2D eigenvalue weighted by Crippen LogP contribution is 2.29. The van der Waals surface area contributed by atoms with Crippen LogP contribution in [0.3, 0.4) is 0 Å². The van der Waals surface area contributed by atoms with Gasteiger partial charge in [-0.2, -0.15) is 0 Å². The van der Waals surface area contributed by atoms with Crippen molar-refractivity contribution in [3.8, 4) is 0 Å². The van der Waals surface area contributed by atoms with Crippen LogP contribution in [0.5, 0.6) is 0 Å². The molecule has 2 unspecified atom stereocenters. The Balaban J connectivity index is 2.56. The van der Waals surface area contributed by atoms with Crippen molar-refractivity contribution in [1.29, 1.82) is 0 Å². The number of carbonyl (C=O) groups is 1. The largest absolute Gasteiger partial charge is 0.367 e. The van der Waals surface area contributed by atoms with Gasteiger partial charge in [-0.3, -0.25) is 4.79 Å².